The van der Waals surface area contributed by atoms with Gasteiger partial charge in [-0.2, -0.15) is 0 Å². The van der Waals surface area contributed by atoms with Crippen LogP contribution in [0.4, 0.5) is 11.4 Å². The average Bonchev–Trinajstić information content (AvgIpc) is 2.92. The molecule has 2 aliphatic heterocycles. The second-order valence-corrected chi connectivity index (χ2v) is 12.9. The molecule has 40 heavy (non-hydrogen) atoms. The molecule has 0 saturated carbocycles. The number of fused-ring (bicyclic) bond motifs is 2. The van der Waals surface area contributed by atoms with E-state index in [1.54, 1.807) is 0 Å². The van der Waals surface area contributed by atoms with Crippen LogP contribution in [0.3, 0.4) is 0 Å². The van der Waals surface area contributed by atoms with Gasteiger partial charge in [-0.1, -0.05) is 25.0 Å². The maximum Gasteiger partial charge on any atom is 0.244 e. The van der Waals surface area contributed by atoms with Crippen molar-refractivity contribution < 1.29 is 9.59 Å². The number of carbonyl (C=O) groups is 2. The molecule has 2 unspecified atom stereocenters. The largest absolute Gasteiger partial charge is 0.324 e. The number of hydrogen-bond acceptors (Lipinski definition) is 5. The zero-order valence-corrected chi connectivity index (χ0v) is 25.0. The first-order valence-electron chi connectivity index (χ1n) is 15.0. The van der Waals surface area contributed by atoms with Gasteiger partial charge in [-0.25, -0.2) is 4.98 Å². The summed E-state index contributed by atoms with van der Waals surface area (Å²) in [4.78, 5) is 36.3. The highest BCUT2D eigenvalue weighted by Crippen LogP contribution is 2.30. The SMILES string of the molecule is CC1CCCCN1C(C)(C)C(=O)Nc1ccc2cc3ccc(NC(=O)C(C)(C)N4CCCCC4C)cc3nc2c1. The lowest BCUT2D eigenvalue weighted by Gasteiger charge is -2.44. The monoisotopic (exact) mass is 543 g/mol. The van der Waals surface area contributed by atoms with Crippen LogP contribution in [0.1, 0.15) is 80.1 Å². The quantitative estimate of drug-likeness (QED) is 0.344. The highest BCUT2D eigenvalue weighted by Gasteiger charge is 2.39. The molecule has 0 aliphatic carbocycles. The number of aromatic nitrogens is 1. The van der Waals surface area contributed by atoms with E-state index in [4.69, 9.17) is 4.98 Å². The number of pyridine rings is 1. The maximum absolute atomic E-state index is 13.4. The van der Waals surface area contributed by atoms with Gasteiger partial charge in [0, 0.05) is 34.2 Å². The molecule has 2 N–H and O–H groups in total. The minimum absolute atomic E-state index is 0.00275. The standard InChI is InChI=1S/C33H45N5O2/c1-22-11-7-9-17-37(22)32(3,4)30(39)34-26-15-13-24-19-25-14-16-27(21-29(25)36-28(24)20-26)35-31(40)33(5,6)38-18-10-8-12-23(38)2/h13-16,19-23H,7-12,17-18H2,1-6H3,(H,34,39)(H,35,40). The Balaban J connectivity index is 1.35. The van der Waals surface area contributed by atoms with E-state index in [1.165, 1.54) is 12.8 Å². The van der Waals surface area contributed by atoms with Crippen molar-refractivity contribution in [1.82, 2.24) is 14.8 Å². The summed E-state index contributed by atoms with van der Waals surface area (Å²) >= 11 is 0. The third-order valence-electron chi connectivity index (χ3n) is 9.28. The van der Waals surface area contributed by atoms with Gasteiger partial charge in [-0.05, 0) is 111 Å². The molecule has 7 heteroatoms. The topological polar surface area (TPSA) is 77.6 Å². The number of piperidine rings is 2. The number of amides is 2. The number of nitrogens with one attached hydrogen (secondary N) is 2. The van der Waals surface area contributed by atoms with Crippen molar-refractivity contribution >= 4 is 45.0 Å². The van der Waals surface area contributed by atoms with Gasteiger partial charge in [0.25, 0.3) is 0 Å². The second-order valence-electron chi connectivity index (χ2n) is 12.9. The third-order valence-corrected chi connectivity index (χ3v) is 9.28. The van der Waals surface area contributed by atoms with Crippen molar-refractivity contribution in [1.29, 1.82) is 0 Å². The van der Waals surface area contributed by atoms with Crippen LogP contribution in [0.25, 0.3) is 21.8 Å². The number of likely N-dealkylation sites (tertiary alicyclic amines) is 2. The number of benzene rings is 2. The first kappa shape index (κ1) is 28.5. The molecule has 1 aromatic heterocycles. The molecule has 0 spiro atoms. The van der Waals surface area contributed by atoms with E-state index in [-0.39, 0.29) is 11.8 Å². The van der Waals surface area contributed by atoms with Crippen molar-refractivity contribution in [3.63, 3.8) is 0 Å². The molecule has 0 bridgehead atoms. The Morgan fingerprint density at radius 2 is 1.12 bits per heavy atom. The smallest absolute Gasteiger partial charge is 0.244 e. The van der Waals surface area contributed by atoms with Crippen molar-refractivity contribution in [3.05, 3.63) is 42.5 Å². The molecule has 3 aromatic rings. The minimum Gasteiger partial charge on any atom is -0.324 e. The van der Waals surface area contributed by atoms with E-state index in [2.05, 4.69) is 40.3 Å². The van der Waals surface area contributed by atoms with Crippen LogP contribution in [0, 0.1) is 0 Å². The second kappa shape index (κ2) is 11.1. The number of hydrogen-bond donors (Lipinski definition) is 2. The van der Waals surface area contributed by atoms with Crippen molar-refractivity contribution in [2.75, 3.05) is 23.7 Å². The molecule has 2 saturated heterocycles. The summed E-state index contributed by atoms with van der Waals surface area (Å²) in [5, 5.41) is 8.31. The van der Waals surface area contributed by atoms with Gasteiger partial charge < -0.3 is 10.6 Å². The first-order valence-corrected chi connectivity index (χ1v) is 15.0. The van der Waals surface area contributed by atoms with E-state index in [0.29, 0.717) is 12.1 Å². The van der Waals surface area contributed by atoms with Crippen LogP contribution < -0.4 is 10.6 Å². The molecule has 3 heterocycles. The lowest BCUT2D eigenvalue weighted by molar-refractivity contribution is -0.129. The van der Waals surface area contributed by atoms with Gasteiger partial charge >= 0.3 is 0 Å². The molecule has 2 aliphatic rings. The van der Waals surface area contributed by atoms with E-state index < -0.39 is 11.1 Å². The van der Waals surface area contributed by atoms with E-state index in [0.717, 1.165) is 72.0 Å². The highest BCUT2D eigenvalue weighted by molar-refractivity contribution is 6.02. The van der Waals surface area contributed by atoms with Gasteiger partial charge in [0.15, 0.2) is 0 Å². The van der Waals surface area contributed by atoms with Crippen LogP contribution >= 0.6 is 0 Å². The predicted octanol–water partition coefficient (Wildman–Crippen LogP) is 6.57. The summed E-state index contributed by atoms with van der Waals surface area (Å²) < 4.78 is 0. The number of anilines is 2. The predicted molar refractivity (Wildman–Crippen MR) is 165 cm³/mol. The molecular weight excluding hydrogens is 498 g/mol. The Morgan fingerprint density at radius 3 is 1.52 bits per heavy atom. The van der Waals surface area contributed by atoms with Crippen LogP contribution in [0.5, 0.6) is 0 Å². The Bertz CT molecular complexity index is 1310. The number of carbonyl (C=O) groups excluding carboxylic acids is 2. The fourth-order valence-corrected chi connectivity index (χ4v) is 6.66. The van der Waals surface area contributed by atoms with Gasteiger partial charge in [-0.15, -0.1) is 0 Å². The van der Waals surface area contributed by atoms with Crippen LogP contribution in [-0.2, 0) is 9.59 Å². The summed E-state index contributed by atoms with van der Waals surface area (Å²) in [6.45, 7) is 14.4. The van der Waals surface area contributed by atoms with Crippen LogP contribution in [0.15, 0.2) is 42.5 Å². The van der Waals surface area contributed by atoms with Gasteiger partial charge in [-0.3, -0.25) is 19.4 Å². The van der Waals surface area contributed by atoms with Crippen molar-refractivity contribution in [2.24, 2.45) is 0 Å². The fraction of sp³-hybridized carbons (Fsp3) is 0.545. The van der Waals surface area contributed by atoms with E-state index in [1.807, 2.05) is 64.1 Å². The highest BCUT2D eigenvalue weighted by atomic mass is 16.2. The van der Waals surface area contributed by atoms with Gasteiger partial charge in [0.1, 0.15) is 0 Å². The lowest BCUT2D eigenvalue weighted by atomic mass is 9.93. The molecule has 2 fully saturated rings. The molecule has 7 nitrogen and oxygen atoms in total. The summed E-state index contributed by atoms with van der Waals surface area (Å²) in [6.07, 6.45) is 6.96. The van der Waals surface area contributed by atoms with Crippen LogP contribution in [0.2, 0.25) is 0 Å². The zero-order valence-electron chi connectivity index (χ0n) is 25.0. The normalized spacial score (nSPS) is 21.4. The molecule has 2 aromatic carbocycles. The maximum atomic E-state index is 13.4. The Labute approximate surface area is 238 Å². The third kappa shape index (κ3) is 5.59. The van der Waals surface area contributed by atoms with E-state index in [9.17, 15) is 9.59 Å². The summed E-state index contributed by atoms with van der Waals surface area (Å²) in [7, 11) is 0. The molecule has 2 amide bonds. The lowest BCUT2D eigenvalue weighted by Crippen LogP contribution is -2.57. The van der Waals surface area contributed by atoms with Gasteiger partial charge in [0.05, 0.1) is 22.1 Å². The first-order chi connectivity index (χ1) is 19.0. The Hall–Kier alpha value is -3.03. The Morgan fingerprint density at radius 1 is 0.700 bits per heavy atom. The minimum atomic E-state index is -0.599. The van der Waals surface area contributed by atoms with E-state index >= 15 is 0 Å². The fourth-order valence-electron chi connectivity index (χ4n) is 6.66. The summed E-state index contributed by atoms with van der Waals surface area (Å²) in [5.74, 6) is -0.00551. The number of nitrogens with zero attached hydrogens (tertiary/aromatic N) is 3. The molecule has 214 valence electrons. The molecular formula is C33H45N5O2. The molecule has 2 atom stereocenters. The van der Waals surface area contributed by atoms with Gasteiger partial charge in [0.2, 0.25) is 11.8 Å². The molecule has 0 radical (unpaired) electrons. The van der Waals surface area contributed by atoms with Crippen molar-refractivity contribution in [2.45, 2.75) is 103 Å². The molecule has 5 rings (SSSR count). The summed E-state index contributed by atoms with van der Waals surface area (Å²) in [6, 6.07) is 14.7. The zero-order chi connectivity index (χ0) is 28.7. The number of rotatable bonds is 6. The van der Waals surface area contributed by atoms with Crippen LogP contribution in [-0.4, -0.2) is 62.8 Å². The average molecular weight is 544 g/mol. The van der Waals surface area contributed by atoms with Crippen molar-refractivity contribution in [3.8, 4) is 0 Å². The Kier molecular flexibility index (Phi) is 7.90. The summed E-state index contributed by atoms with van der Waals surface area (Å²) in [5.41, 5.74) is 1.89.